The molecule has 4 nitrogen and oxygen atoms in total. The van der Waals surface area contributed by atoms with Gasteiger partial charge in [-0.15, -0.1) is 0 Å². The van der Waals surface area contributed by atoms with Crippen LogP contribution in [-0.2, 0) is 4.79 Å². The molecule has 0 radical (unpaired) electrons. The lowest BCUT2D eigenvalue weighted by molar-refractivity contribution is -0.122. The van der Waals surface area contributed by atoms with Gasteiger partial charge in [-0.05, 0) is 31.9 Å². The number of carbonyl (C=O) groups excluding carboxylic acids is 1. The number of benzene rings is 1. The number of carbonyl (C=O) groups is 1. The summed E-state index contributed by atoms with van der Waals surface area (Å²) in [6.07, 6.45) is 1.33. The van der Waals surface area contributed by atoms with Gasteiger partial charge >= 0.3 is 0 Å². The molecule has 1 unspecified atom stereocenters. The van der Waals surface area contributed by atoms with Crippen LogP contribution in [0.15, 0.2) is 24.3 Å². The van der Waals surface area contributed by atoms with E-state index in [2.05, 4.69) is 12.2 Å². The molecule has 19 heavy (non-hydrogen) atoms. The molecule has 1 amide bonds. The molecule has 0 fully saturated rings. The zero-order chi connectivity index (χ0) is 14.3. The predicted molar refractivity (Wildman–Crippen MR) is 77.0 cm³/mol. The summed E-state index contributed by atoms with van der Waals surface area (Å²) in [5.41, 5.74) is 6.53. The molecular weight excluding hydrogens is 240 g/mol. The standard InChI is InChI=1S/C15H24N2O2/c1-11(10-16)8-9-15(18)17-12(2)13-6-4-5-7-14(13)19-3/h4-7,11-12H,8-10,16H2,1-3H3,(H,17,18)/t11?,12-/m1/s1. The summed E-state index contributed by atoms with van der Waals surface area (Å²) in [4.78, 5) is 11.9. The number of hydrogen-bond acceptors (Lipinski definition) is 3. The maximum Gasteiger partial charge on any atom is 0.220 e. The van der Waals surface area contributed by atoms with E-state index < -0.39 is 0 Å². The quantitative estimate of drug-likeness (QED) is 0.794. The first-order valence-electron chi connectivity index (χ1n) is 6.70. The lowest BCUT2D eigenvalue weighted by Crippen LogP contribution is -2.27. The number of ether oxygens (including phenoxy) is 1. The number of para-hydroxylation sites is 1. The van der Waals surface area contributed by atoms with Crippen molar-refractivity contribution in [2.75, 3.05) is 13.7 Å². The van der Waals surface area contributed by atoms with Crippen LogP contribution in [0.4, 0.5) is 0 Å². The molecule has 4 heteroatoms. The van der Waals surface area contributed by atoms with Crippen molar-refractivity contribution < 1.29 is 9.53 Å². The van der Waals surface area contributed by atoms with Crippen LogP contribution in [0.1, 0.15) is 38.3 Å². The van der Waals surface area contributed by atoms with Crippen molar-refractivity contribution in [3.63, 3.8) is 0 Å². The highest BCUT2D eigenvalue weighted by atomic mass is 16.5. The van der Waals surface area contributed by atoms with Crippen LogP contribution in [0, 0.1) is 5.92 Å². The van der Waals surface area contributed by atoms with E-state index in [-0.39, 0.29) is 11.9 Å². The molecule has 0 aliphatic heterocycles. The maximum atomic E-state index is 11.9. The number of nitrogens with two attached hydrogens (primary N) is 1. The van der Waals surface area contributed by atoms with Crippen molar-refractivity contribution >= 4 is 5.91 Å². The van der Waals surface area contributed by atoms with Crippen LogP contribution < -0.4 is 15.8 Å². The fraction of sp³-hybridized carbons (Fsp3) is 0.533. The fourth-order valence-electron chi connectivity index (χ4n) is 1.91. The zero-order valence-corrected chi connectivity index (χ0v) is 12.0. The van der Waals surface area contributed by atoms with Gasteiger partial charge in [0.25, 0.3) is 0 Å². The van der Waals surface area contributed by atoms with Crippen molar-refractivity contribution in [3.05, 3.63) is 29.8 Å². The van der Waals surface area contributed by atoms with Crippen molar-refractivity contribution in [2.24, 2.45) is 11.7 Å². The van der Waals surface area contributed by atoms with Crippen LogP contribution in [-0.4, -0.2) is 19.6 Å². The van der Waals surface area contributed by atoms with Crippen molar-refractivity contribution in [3.8, 4) is 5.75 Å². The smallest absolute Gasteiger partial charge is 0.220 e. The Balaban J connectivity index is 2.54. The first kappa shape index (κ1) is 15.5. The topological polar surface area (TPSA) is 64.3 Å². The monoisotopic (exact) mass is 264 g/mol. The predicted octanol–water partition coefficient (Wildman–Crippen LogP) is 2.25. The molecule has 0 bridgehead atoms. The summed E-state index contributed by atoms with van der Waals surface area (Å²) in [6.45, 7) is 4.63. The third kappa shape index (κ3) is 4.91. The lowest BCUT2D eigenvalue weighted by Gasteiger charge is -2.17. The molecule has 1 aromatic rings. The summed E-state index contributed by atoms with van der Waals surface area (Å²) < 4.78 is 5.30. The van der Waals surface area contributed by atoms with Crippen LogP contribution in [0.5, 0.6) is 5.75 Å². The number of nitrogens with one attached hydrogen (secondary N) is 1. The second-order valence-electron chi connectivity index (χ2n) is 4.91. The molecule has 0 aliphatic rings. The maximum absolute atomic E-state index is 11.9. The van der Waals surface area contributed by atoms with Crippen molar-refractivity contribution in [2.45, 2.75) is 32.7 Å². The molecule has 0 spiro atoms. The molecule has 106 valence electrons. The fourth-order valence-corrected chi connectivity index (χ4v) is 1.91. The number of hydrogen-bond donors (Lipinski definition) is 2. The van der Waals surface area contributed by atoms with Gasteiger partial charge in [0.2, 0.25) is 5.91 Å². The SMILES string of the molecule is COc1ccccc1[C@@H](C)NC(=O)CCC(C)CN. The minimum atomic E-state index is -0.0585. The number of amides is 1. The Bertz CT molecular complexity index is 407. The van der Waals surface area contributed by atoms with E-state index >= 15 is 0 Å². The Morgan fingerprint density at radius 3 is 2.68 bits per heavy atom. The molecule has 3 N–H and O–H groups in total. The van der Waals surface area contributed by atoms with Gasteiger partial charge in [-0.2, -0.15) is 0 Å². The van der Waals surface area contributed by atoms with E-state index in [1.165, 1.54) is 0 Å². The Morgan fingerprint density at radius 1 is 1.37 bits per heavy atom. The van der Waals surface area contributed by atoms with Gasteiger partial charge in [-0.1, -0.05) is 25.1 Å². The summed E-state index contributed by atoms with van der Waals surface area (Å²) in [5, 5.41) is 2.99. The molecule has 0 aliphatic carbocycles. The van der Waals surface area contributed by atoms with Gasteiger partial charge < -0.3 is 15.8 Å². The minimum absolute atomic E-state index is 0.0544. The van der Waals surface area contributed by atoms with Gasteiger partial charge in [0.05, 0.1) is 13.2 Å². The van der Waals surface area contributed by atoms with E-state index in [1.54, 1.807) is 7.11 Å². The van der Waals surface area contributed by atoms with E-state index in [9.17, 15) is 4.79 Å². The summed E-state index contributed by atoms with van der Waals surface area (Å²) in [5.74, 6) is 1.23. The highest BCUT2D eigenvalue weighted by Gasteiger charge is 2.13. The van der Waals surface area contributed by atoms with Crippen LogP contribution in [0.2, 0.25) is 0 Å². The molecule has 0 saturated carbocycles. The molecule has 0 aromatic heterocycles. The Morgan fingerprint density at radius 2 is 2.05 bits per heavy atom. The Hall–Kier alpha value is -1.55. The molecule has 0 heterocycles. The average Bonchev–Trinajstić information content (AvgIpc) is 2.44. The first-order valence-corrected chi connectivity index (χ1v) is 6.70. The van der Waals surface area contributed by atoms with Gasteiger partial charge in [-0.3, -0.25) is 4.79 Å². The third-order valence-electron chi connectivity index (χ3n) is 3.25. The Kier molecular flexibility index (Phi) is 6.36. The first-order chi connectivity index (χ1) is 9.08. The second kappa shape index (κ2) is 7.79. The van der Waals surface area contributed by atoms with Crippen LogP contribution in [0.25, 0.3) is 0 Å². The summed E-state index contributed by atoms with van der Waals surface area (Å²) >= 11 is 0. The summed E-state index contributed by atoms with van der Waals surface area (Å²) in [6, 6.07) is 7.66. The molecule has 2 atom stereocenters. The van der Waals surface area contributed by atoms with Crippen LogP contribution >= 0.6 is 0 Å². The number of methoxy groups -OCH3 is 1. The Labute approximate surface area is 115 Å². The average molecular weight is 264 g/mol. The number of rotatable bonds is 7. The zero-order valence-electron chi connectivity index (χ0n) is 12.0. The van der Waals surface area contributed by atoms with E-state index in [1.807, 2.05) is 31.2 Å². The van der Waals surface area contributed by atoms with Gasteiger partial charge in [0, 0.05) is 12.0 Å². The highest BCUT2D eigenvalue weighted by Crippen LogP contribution is 2.24. The second-order valence-corrected chi connectivity index (χ2v) is 4.91. The normalized spacial score (nSPS) is 13.7. The molecular formula is C15H24N2O2. The van der Waals surface area contributed by atoms with E-state index in [4.69, 9.17) is 10.5 Å². The summed E-state index contributed by atoms with van der Waals surface area (Å²) in [7, 11) is 1.64. The van der Waals surface area contributed by atoms with Crippen molar-refractivity contribution in [1.29, 1.82) is 0 Å². The van der Waals surface area contributed by atoms with Crippen LogP contribution in [0.3, 0.4) is 0 Å². The molecule has 1 rings (SSSR count). The highest BCUT2D eigenvalue weighted by molar-refractivity contribution is 5.76. The lowest BCUT2D eigenvalue weighted by atomic mass is 10.0. The minimum Gasteiger partial charge on any atom is -0.496 e. The third-order valence-corrected chi connectivity index (χ3v) is 3.25. The molecule has 0 saturated heterocycles. The van der Waals surface area contributed by atoms with Crippen molar-refractivity contribution in [1.82, 2.24) is 5.32 Å². The van der Waals surface area contributed by atoms with E-state index in [0.29, 0.717) is 18.9 Å². The van der Waals surface area contributed by atoms with Gasteiger partial charge in [-0.25, -0.2) is 0 Å². The van der Waals surface area contributed by atoms with Gasteiger partial charge in [0.1, 0.15) is 5.75 Å². The largest absolute Gasteiger partial charge is 0.496 e. The van der Waals surface area contributed by atoms with Gasteiger partial charge in [0.15, 0.2) is 0 Å². The van der Waals surface area contributed by atoms with E-state index in [0.717, 1.165) is 17.7 Å². The molecule has 1 aromatic carbocycles.